The van der Waals surface area contributed by atoms with Gasteiger partial charge in [-0.25, -0.2) is 8.78 Å². The van der Waals surface area contributed by atoms with Crippen LogP contribution in [0.25, 0.3) is 0 Å². The first-order valence-corrected chi connectivity index (χ1v) is 12.5. The van der Waals surface area contributed by atoms with Gasteiger partial charge in [-0.15, -0.1) is 11.8 Å². The van der Waals surface area contributed by atoms with Gasteiger partial charge in [0.1, 0.15) is 5.82 Å². The van der Waals surface area contributed by atoms with Crippen molar-refractivity contribution in [1.29, 1.82) is 0 Å². The van der Waals surface area contributed by atoms with E-state index in [2.05, 4.69) is 10.6 Å². The number of benzene rings is 2. The van der Waals surface area contributed by atoms with E-state index < -0.39 is 46.3 Å². The van der Waals surface area contributed by atoms with Gasteiger partial charge in [0.25, 0.3) is 5.91 Å². The number of hydrogen-bond acceptors (Lipinski definition) is 5. The first-order valence-electron chi connectivity index (χ1n) is 11.6. The molecule has 0 radical (unpaired) electrons. The molecule has 2 amide bonds. The standard InChI is InChI=1S/C25H25F3N2O5S/c26-15-3-8-19-14(11-15)12-20(36-19)24(32)30-10-9-29-23(31)17-6-7-18(22(28)21(17)27)35-16-4-1-13(2-5-16)25(33)34/h3,6-8,11,13,16,20H,1-2,4-5,9-10,12H2,(H,29,31)(H,30,32)(H,33,34). The molecule has 36 heavy (non-hydrogen) atoms. The van der Waals surface area contributed by atoms with Crippen LogP contribution in [0, 0.1) is 23.4 Å². The van der Waals surface area contributed by atoms with E-state index in [1.807, 2.05) is 0 Å². The zero-order valence-corrected chi connectivity index (χ0v) is 20.0. The van der Waals surface area contributed by atoms with Crippen molar-refractivity contribution in [1.82, 2.24) is 10.6 Å². The molecular formula is C25H25F3N2O5S. The third-order valence-electron chi connectivity index (χ3n) is 6.31. The summed E-state index contributed by atoms with van der Waals surface area (Å²) in [7, 11) is 0. The monoisotopic (exact) mass is 522 g/mol. The first-order chi connectivity index (χ1) is 17.2. The molecule has 1 aliphatic carbocycles. The highest BCUT2D eigenvalue weighted by molar-refractivity contribution is 8.01. The second kappa shape index (κ2) is 11.2. The van der Waals surface area contributed by atoms with Crippen molar-refractivity contribution in [2.24, 2.45) is 5.92 Å². The summed E-state index contributed by atoms with van der Waals surface area (Å²) in [5, 5.41) is 13.8. The van der Waals surface area contributed by atoms with Crippen LogP contribution in [0.4, 0.5) is 13.2 Å². The van der Waals surface area contributed by atoms with Crippen LogP contribution in [0.2, 0.25) is 0 Å². The van der Waals surface area contributed by atoms with E-state index in [0.29, 0.717) is 32.1 Å². The van der Waals surface area contributed by atoms with Gasteiger partial charge in [0.2, 0.25) is 11.7 Å². The number of carboxylic acids is 1. The molecule has 0 bridgehead atoms. The predicted octanol–water partition coefficient (Wildman–Crippen LogP) is 3.69. The Morgan fingerprint density at radius 3 is 2.42 bits per heavy atom. The Morgan fingerprint density at radius 1 is 0.972 bits per heavy atom. The van der Waals surface area contributed by atoms with Crippen molar-refractivity contribution < 1.29 is 37.4 Å². The van der Waals surface area contributed by atoms with Crippen LogP contribution in [0.3, 0.4) is 0 Å². The van der Waals surface area contributed by atoms with Crippen LogP contribution in [-0.2, 0) is 16.0 Å². The van der Waals surface area contributed by atoms with Gasteiger partial charge in [-0.1, -0.05) is 0 Å². The SMILES string of the molecule is O=C(NCCNC(=O)C1Cc2cc(F)ccc2S1)c1ccc(OC2CCC(C(=O)O)CC2)c(F)c1F. The lowest BCUT2D eigenvalue weighted by molar-refractivity contribution is -0.143. The van der Waals surface area contributed by atoms with Gasteiger partial charge in [0.15, 0.2) is 11.6 Å². The fraction of sp³-hybridized carbons (Fsp3) is 0.400. The minimum Gasteiger partial charge on any atom is -0.487 e. The van der Waals surface area contributed by atoms with Gasteiger partial charge >= 0.3 is 5.97 Å². The summed E-state index contributed by atoms with van der Waals surface area (Å²) in [6, 6.07) is 6.68. The Hall–Kier alpha value is -3.21. The molecule has 0 saturated heterocycles. The molecule has 2 aliphatic rings. The van der Waals surface area contributed by atoms with Gasteiger partial charge in [0.05, 0.1) is 22.8 Å². The molecule has 2 aromatic carbocycles. The normalized spacial score (nSPS) is 20.9. The molecule has 192 valence electrons. The molecule has 1 unspecified atom stereocenters. The maximum atomic E-state index is 14.5. The number of carboxylic acid groups (broad SMARTS) is 1. The molecule has 7 nitrogen and oxygen atoms in total. The first kappa shape index (κ1) is 25.9. The van der Waals surface area contributed by atoms with Crippen LogP contribution < -0.4 is 15.4 Å². The molecule has 11 heteroatoms. The number of halogens is 3. The molecule has 2 aromatic rings. The average molecular weight is 523 g/mol. The number of nitrogens with one attached hydrogen (secondary N) is 2. The molecule has 0 spiro atoms. The molecule has 1 atom stereocenters. The number of amides is 2. The average Bonchev–Trinajstić information content (AvgIpc) is 3.28. The van der Waals surface area contributed by atoms with Crippen molar-refractivity contribution in [2.45, 2.75) is 48.4 Å². The lowest BCUT2D eigenvalue weighted by atomic mass is 9.87. The highest BCUT2D eigenvalue weighted by Crippen LogP contribution is 2.37. The molecule has 3 N–H and O–H groups in total. The zero-order chi connectivity index (χ0) is 25.8. The number of carbonyl (C=O) groups excluding carboxylic acids is 2. The molecule has 4 rings (SSSR count). The van der Waals surface area contributed by atoms with E-state index in [9.17, 15) is 27.6 Å². The lowest BCUT2D eigenvalue weighted by Gasteiger charge is -2.27. The number of rotatable bonds is 8. The Balaban J connectivity index is 1.23. The lowest BCUT2D eigenvalue weighted by Crippen LogP contribution is -2.38. The van der Waals surface area contributed by atoms with Gasteiger partial charge < -0.3 is 20.5 Å². The number of carbonyl (C=O) groups is 3. The predicted molar refractivity (Wildman–Crippen MR) is 125 cm³/mol. The quantitative estimate of drug-likeness (QED) is 0.457. The zero-order valence-electron chi connectivity index (χ0n) is 19.2. The number of hydrogen-bond donors (Lipinski definition) is 3. The molecule has 1 heterocycles. The topological polar surface area (TPSA) is 105 Å². The number of thioether (sulfide) groups is 1. The molecule has 1 fully saturated rings. The fourth-order valence-electron chi connectivity index (χ4n) is 4.34. The van der Waals surface area contributed by atoms with Crippen LogP contribution in [0.1, 0.15) is 41.6 Å². The second-order valence-electron chi connectivity index (χ2n) is 8.78. The Morgan fingerprint density at radius 2 is 1.69 bits per heavy atom. The molecule has 1 aliphatic heterocycles. The smallest absolute Gasteiger partial charge is 0.306 e. The van der Waals surface area contributed by atoms with Crippen molar-refractivity contribution in [3.63, 3.8) is 0 Å². The van der Waals surface area contributed by atoms with Crippen LogP contribution in [0.15, 0.2) is 35.2 Å². The Kier molecular flexibility index (Phi) is 8.07. The van der Waals surface area contributed by atoms with E-state index in [1.165, 1.54) is 30.0 Å². The largest absolute Gasteiger partial charge is 0.487 e. The summed E-state index contributed by atoms with van der Waals surface area (Å²) >= 11 is 1.34. The maximum absolute atomic E-state index is 14.5. The van der Waals surface area contributed by atoms with E-state index >= 15 is 0 Å². The summed E-state index contributed by atoms with van der Waals surface area (Å²) in [6.45, 7) is 0.0757. The van der Waals surface area contributed by atoms with Crippen LogP contribution in [0.5, 0.6) is 5.75 Å². The molecule has 1 saturated carbocycles. The third-order valence-corrected chi connectivity index (χ3v) is 7.63. The molecular weight excluding hydrogens is 497 g/mol. The molecule has 0 aromatic heterocycles. The number of ether oxygens (including phenoxy) is 1. The summed E-state index contributed by atoms with van der Waals surface area (Å²) in [5.74, 6) is -5.75. The summed E-state index contributed by atoms with van der Waals surface area (Å²) in [4.78, 5) is 36.6. The number of aliphatic carboxylic acids is 1. The fourth-order valence-corrected chi connectivity index (χ4v) is 5.54. The Labute approximate surface area is 209 Å². The Bertz CT molecular complexity index is 1170. The maximum Gasteiger partial charge on any atom is 0.306 e. The van der Waals surface area contributed by atoms with Crippen LogP contribution >= 0.6 is 11.8 Å². The minimum atomic E-state index is -1.35. The van der Waals surface area contributed by atoms with Crippen molar-refractivity contribution in [3.8, 4) is 5.75 Å². The van der Waals surface area contributed by atoms with E-state index in [4.69, 9.17) is 9.84 Å². The van der Waals surface area contributed by atoms with E-state index in [1.54, 1.807) is 6.07 Å². The van der Waals surface area contributed by atoms with Gasteiger partial charge in [-0.3, -0.25) is 14.4 Å². The van der Waals surface area contributed by atoms with Crippen LogP contribution in [-0.4, -0.2) is 47.3 Å². The highest BCUT2D eigenvalue weighted by Gasteiger charge is 2.29. The minimum absolute atomic E-state index is 0.00430. The number of fused-ring (bicyclic) bond motifs is 1. The highest BCUT2D eigenvalue weighted by atomic mass is 32.2. The van der Waals surface area contributed by atoms with Crippen molar-refractivity contribution >= 4 is 29.5 Å². The van der Waals surface area contributed by atoms with E-state index in [0.717, 1.165) is 16.5 Å². The summed E-state index contributed by atoms with van der Waals surface area (Å²) in [5.41, 5.74) is 0.274. The van der Waals surface area contributed by atoms with E-state index in [-0.39, 0.29) is 30.6 Å². The van der Waals surface area contributed by atoms with Gasteiger partial charge in [0, 0.05) is 18.0 Å². The third kappa shape index (κ3) is 5.95. The second-order valence-corrected chi connectivity index (χ2v) is 10.0. The summed E-state index contributed by atoms with van der Waals surface area (Å²) in [6.07, 6.45) is 1.58. The van der Waals surface area contributed by atoms with Crippen molar-refractivity contribution in [3.05, 3.63) is 58.9 Å². The summed E-state index contributed by atoms with van der Waals surface area (Å²) < 4.78 is 47.9. The van der Waals surface area contributed by atoms with Gasteiger partial charge in [-0.2, -0.15) is 4.39 Å². The van der Waals surface area contributed by atoms with Gasteiger partial charge in [-0.05, 0) is 68.0 Å². The van der Waals surface area contributed by atoms with Crippen molar-refractivity contribution in [2.75, 3.05) is 13.1 Å².